The Labute approximate surface area is 192 Å². The summed E-state index contributed by atoms with van der Waals surface area (Å²) < 4.78 is 38.6. The molecule has 0 saturated carbocycles. The molecule has 0 amide bonds. The highest BCUT2D eigenvalue weighted by Gasteiger charge is 2.32. The van der Waals surface area contributed by atoms with E-state index in [1.807, 2.05) is 24.3 Å². The molecule has 0 radical (unpaired) electrons. The second kappa shape index (κ2) is 9.26. The minimum Gasteiger partial charge on any atom is -0.300 e. The largest absolute Gasteiger partial charge is 0.416 e. The zero-order valence-corrected chi connectivity index (χ0v) is 19.2. The minimum atomic E-state index is -4.37. The van der Waals surface area contributed by atoms with Crippen molar-refractivity contribution >= 4 is 16.7 Å². The van der Waals surface area contributed by atoms with Crippen molar-refractivity contribution in [1.82, 2.24) is 9.88 Å². The van der Waals surface area contributed by atoms with Crippen LogP contribution in [0.25, 0.3) is 22.0 Å². The lowest BCUT2D eigenvalue weighted by atomic mass is 9.82. The van der Waals surface area contributed by atoms with E-state index in [0.717, 1.165) is 42.6 Å². The van der Waals surface area contributed by atoms with Gasteiger partial charge < -0.3 is 4.90 Å². The summed E-state index contributed by atoms with van der Waals surface area (Å²) in [4.78, 5) is 19.8. The number of benzene rings is 2. The van der Waals surface area contributed by atoms with Gasteiger partial charge in [-0.25, -0.2) is 0 Å². The van der Waals surface area contributed by atoms with Gasteiger partial charge in [-0.1, -0.05) is 37.3 Å². The SMILES string of the molecule is CC(C)N1CC([C@H](C)CCC(=O)c2cnc3c(-c4ccc(C(F)(F)F)cc4)cccc3c2)C1. The van der Waals surface area contributed by atoms with Crippen molar-refractivity contribution < 1.29 is 18.0 Å². The molecule has 1 aromatic heterocycles. The number of carbonyl (C=O) groups is 1. The Kier molecular flexibility index (Phi) is 6.57. The van der Waals surface area contributed by atoms with Crippen LogP contribution in [-0.4, -0.2) is 34.8 Å². The molecular weight excluding hydrogens is 425 g/mol. The molecule has 3 nitrogen and oxygen atoms in total. The highest BCUT2D eigenvalue weighted by Crippen LogP contribution is 2.33. The van der Waals surface area contributed by atoms with E-state index in [2.05, 4.69) is 30.7 Å². The van der Waals surface area contributed by atoms with Crippen LogP contribution in [0.2, 0.25) is 0 Å². The van der Waals surface area contributed by atoms with E-state index >= 15 is 0 Å². The molecule has 0 unspecified atom stereocenters. The molecular formula is C27H29F3N2O. The summed E-state index contributed by atoms with van der Waals surface area (Å²) in [6.45, 7) is 8.86. The van der Waals surface area contributed by atoms with Gasteiger partial charge in [0.25, 0.3) is 0 Å². The summed E-state index contributed by atoms with van der Waals surface area (Å²) in [7, 11) is 0. The van der Waals surface area contributed by atoms with Gasteiger partial charge in [0, 0.05) is 48.3 Å². The number of halogens is 3. The molecule has 3 aromatic rings. The van der Waals surface area contributed by atoms with Crippen molar-refractivity contribution in [3.63, 3.8) is 0 Å². The fourth-order valence-corrected chi connectivity index (χ4v) is 4.45. The van der Waals surface area contributed by atoms with E-state index in [4.69, 9.17) is 0 Å². The molecule has 174 valence electrons. The van der Waals surface area contributed by atoms with Crippen LogP contribution in [0.5, 0.6) is 0 Å². The van der Waals surface area contributed by atoms with Crippen LogP contribution in [0, 0.1) is 11.8 Å². The number of para-hydroxylation sites is 1. The molecule has 4 rings (SSSR count). The van der Waals surface area contributed by atoms with E-state index < -0.39 is 11.7 Å². The molecule has 2 heterocycles. The second-order valence-corrected chi connectivity index (χ2v) is 9.42. The monoisotopic (exact) mass is 454 g/mol. The second-order valence-electron chi connectivity index (χ2n) is 9.42. The molecule has 1 aliphatic heterocycles. The topological polar surface area (TPSA) is 33.2 Å². The summed E-state index contributed by atoms with van der Waals surface area (Å²) in [5, 5.41) is 0.804. The third-order valence-electron chi connectivity index (χ3n) is 6.86. The number of ketones is 1. The number of pyridine rings is 1. The lowest BCUT2D eigenvalue weighted by Crippen LogP contribution is -2.52. The van der Waals surface area contributed by atoms with Crippen molar-refractivity contribution in [3.05, 3.63) is 65.9 Å². The maximum atomic E-state index is 12.9. The van der Waals surface area contributed by atoms with Crippen LogP contribution >= 0.6 is 0 Å². The van der Waals surface area contributed by atoms with Crippen molar-refractivity contribution in [1.29, 1.82) is 0 Å². The van der Waals surface area contributed by atoms with Gasteiger partial charge in [-0.15, -0.1) is 0 Å². The number of Topliss-reactive ketones (excluding diaryl/α,β-unsaturated/α-hetero) is 1. The molecule has 1 atom stereocenters. The van der Waals surface area contributed by atoms with Gasteiger partial charge in [-0.3, -0.25) is 9.78 Å². The third-order valence-corrected chi connectivity index (χ3v) is 6.86. The highest BCUT2D eigenvalue weighted by molar-refractivity contribution is 6.01. The molecule has 6 heteroatoms. The number of hydrogen-bond acceptors (Lipinski definition) is 3. The summed E-state index contributed by atoms with van der Waals surface area (Å²) in [5.74, 6) is 1.24. The number of hydrogen-bond donors (Lipinski definition) is 0. The number of nitrogens with zero attached hydrogens (tertiary/aromatic N) is 2. The number of carbonyl (C=O) groups excluding carboxylic acids is 1. The first-order valence-electron chi connectivity index (χ1n) is 11.5. The summed E-state index contributed by atoms with van der Waals surface area (Å²) in [5.41, 5.74) is 1.97. The van der Waals surface area contributed by atoms with Gasteiger partial charge >= 0.3 is 6.18 Å². The number of alkyl halides is 3. The zero-order chi connectivity index (χ0) is 23.8. The van der Waals surface area contributed by atoms with Crippen LogP contribution in [0.1, 0.15) is 49.5 Å². The van der Waals surface area contributed by atoms with Crippen LogP contribution in [0.4, 0.5) is 13.2 Å². The smallest absolute Gasteiger partial charge is 0.300 e. The first kappa shape index (κ1) is 23.4. The first-order valence-corrected chi connectivity index (χ1v) is 11.5. The van der Waals surface area contributed by atoms with E-state index in [1.165, 1.54) is 12.1 Å². The Hall–Kier alpha value is -2.73. The fourth-order valence-electron chi connectivity index (χ4n) is 4.45. The molecule has 0 bridgehead atoms. The molecule has 0 N–H and O–H groups in total. The lowest BCUT2D eigenvalue weighted by Gasteiger charge is -2.45. The van der Waals surface area contributed by atoms with Crippen LogP contribution in [-0.2, 0) is 6.18 Å². The summed E-state index contributed by atoms with van der Waals surface area (Å²) in [6, 6.07) is 13.0. The van der Waals surface area contributed by atoms with E-state index in [0.29, 0.717) is 40.9 Å². The average molecular weight is 455 g/mol. The Balaban J connectivity index is 1.46. The Morgan fingerprint density at radius 3 is 2.42 bits per heavy atom. The van der Waals surface area contributed by atoms with E-state index in [1.54, 1.807) is 6.20 Å². The van der Waals surface area contributed by atoms with Crippen molar-refractivity contribution in [2.45, 2.75) is 45.8 Å². The normalized spacial score (nSPS) is 16.2. The first-order chi connectivity index (χ1) is 15.6. The van der Waals surface area contributed by atoms with Crippen molar-refractivity contribution in [2.24, 2.45) is 11.8 Å². The number of rotatable bonds is 7. The number of likely N-dealkylation sites (tertiary alicyclic amines) is 1. The minimum absolute atomic E-state index is 0.0798. The van der Waals surface area contributed by atoms with Crippen LogP contribution in [0.3, 0.4) is 0 Å². The molecule has 0 aliphatic carbocycles. The Morgan fingerprint density at radius 2 is 1.79 bits per heavy atom. The number of fused-ring (bicyclic) bond motifs is 1. The third kappa shape index (κ3) is 5.11. The molecule has 1 fully saturated rings. The predicted octanol–water partition coefficient (Wildman–Crippen LogP) is 6.86. The molecule has 1 aliphatic rings. The van der Waals surface area contributed by atoms with Gasteiger partial charge in [0.1, 0.15) is 0 Å². The summed E-state index contributed by atoms with van der Waals surface area (Å²) >= 11 is 0. The maximum absolute atomic E-state index is 12.9. The van der Waals surface area contributed by atoms with Crippen molar-refractivity contribution in [3.8, 4) is 11.1 Å². The fraction of sp³-hybridized carbons (Fsp3) is 0.407. The Morgan fingerprint density at radius 1 is 1.09 bits per heavy atom. The standard InChI is InChI=1S/C27H29F3N2O/c1-17(2)32-15-22(16-32)18(3)7-12-25(33)21-13-20-5-4-6-24(26(20)31-14-21)19-8-10-23(11-9-19)27(28,29)30/h4-6,8-11,13-14,17-18,22H,7,12,15-16H2,1-3H3/t18-/m1/s1. The average Bonchev–Trinajstić information content (AvgIpc) is 2.75. The molecule has 2 aromatic carbocycles. The van der Waals surface area contributed by atoms with Gasteiger partial charge in [0.05, 0.1) is 11.1 Å². The maximum Gasteiger partial charge on any atom is 0.416 e. The Bertz CT molecular complexity index is 1130. The van der Waals surface area contributed by atoms with Gasteiger partial charge in [-0.05, 0) is 55.9 Å². The predicted molar refractivity (Wildman–Crippen MR) is 125 cm³/mol. The van der Waals surface area contributed by atoms with Crippen LogP contribution < -0.4 is 0 Å². The molecule has 0 spiro atoms. The highest BCUT2D eigenvalue weighted by atomic mass is 19.4. The van der Waals surface area contributed by atoms with E-state index in [9.17, 15) is 18.0 Å². The van der Waals surface area contributed by atoms with Crippen molar-refractivity contribution in [2.75, 3.05) is 13.1 Å². The van der Waals surface area contributed by atoms with Gasteiger partial charge in [0.15, 0.2) is 5.78 Å². The lowest BCUT2D eigenvalue weighted by molar-refractivity contribution is -0.137. The molecule has 33 heavy (non-hydrogen) atoms. The number of aromatic nitrogens is 1. The summed E-state index contributed by atoms with van der Waals surface area (Å²) in [6.07, 6.45) is -1.42. The van der Waals surface area contributed by atoms with Gasteiger partial charge in [-0.2, -0.15) is 13.2 Å². The quantitative estimate of drug-likeness (QED) is 0.366. The zero-order valence-electron chi connectivity index (χ0n) is 19.2. The van der Waals surface area contributed by atoms with E-state index in [-0.39, 0.29) is 5.78 Å². The van der Waals surface area contributed by atoms with Gasteiger partial charge in [0.2, 0.25) is 0 Å². The molecule has 1 saturated heterocycles. The van der Waals surface area contributed by atoms with Crippen LogP contribution in [0.15, 0.2) is 54.7 Å².